The second kappa shape index (κ2) is 7.54. The number of nitrogens with zero attached hydrogens (tertiary/aromatic N) is 1. The van der Waals surface area contributed by atoms with E-state index < -0.39 is 0 Å². The van der Waals surface area contributed by atoms with Crippen LogP contribution < -0.4 is 5.73 Å². The van der Waals surface area contributed by atoms with Crippen LogP contribution in [0.2, 0.25) is 0 Å². The quantitative estimate of drug-likeness (QED) is 0.804. The SMILES string of the molecule is CCN(CC)C(=O)OCC1CCCCC1CN. The van der Waals surface area contributed by atoms with Crippen LogP contribution in [-0.2, 0) is 4.74 Å². The van der Waals surface area contributed by atoms with Crippen LogP contribution in [0.4, 0.5) is 4.79 Å². The summed E-state index contributed by atoms with van der Waals surface area (Å²) in [5.74, 6) is 1.00. The lowest BCUT2D eigenvalue weighted by molar-refractivity contribution is 0.0682. The Morgan fingerprint density at radius 2 is 1.82 bits per heavy atom. The highest BCUT2D eigenvalue weighted by molar-refractivity contribution is 5.67. The number of hydrogen-bond acceptors (Lipinski definition) is 3. The van der Waals surface area contributed by atoms with Crippen LogP contribution in [0.5, 0.6) is 0 Å². The maximum Gasteiger partial charge on any atom is 0.409 e. The summed E-state index contributed by atoms with van der Waals surface area (Å²) in [4.78, 5) is 13.4. The third kappa shape index (κ3) is 4.19. The molecule has 4 nitrogen and oxygen atoms in total. The first kappa shape index (κ1) is 14.3. The van der Waals surface area contributed by atoms with Crippen molar-refractivity contribution < 1.29 is 9.53 Å². The smallest absolute Gasteiger partial charge is 0.409 e. The van der Waals surface area contributed by atoms with E-state index in [1.165, 1.54) is 19.3 Å². The third-order valence-corrected chi connectivity index (χ3v) is 3.81. The van der Waals surface area contributed by atoms with Crippen LogP contribution in [0.3, 0.4) is 0 Å². The fourth-order valence-corrected chi connectivity index (χ4v) is 2.57. The predicted molar refractivity (Wildman–Crippen MR) is 68.8 cm³/mol. The number of ether oxygens (including phenoxy) is 1. The Morgan fingerprint density at radius 3 is 2.35 bits per heavy atom. The molecule has 0 aromatic heterocycles. The van der Waals surface area contributed by atoms with Crippen molar-refractivity contribution >= 4 is 6.09 Å². The maximum atomic E-state index is 11.7. The summed E-state index contributed by atoms with van der Waals surface area (Å²) in [5.41, 5.74) is 5.76. The van der Waals surface area contributed by atoms with Crippen LogP contribution in [0.15, 0.2) is 0 Å². The van der Waals surface area contributed by atoms with E-state index in [1.54, 1.807) is 4.90 Å². The standard InChI is InChI=1S/C13H26N2O2/c1-3-15(4-2)13(16)17-10-12-8-6-5-7-11(12)9-14/h11-12H,3-10,14H2,1-2H3. The molecule has 1 amide bonds. The number of rotatable bonds is 5. The van der Waals surface area contributed by atoms with E-state index in [0.717, 1.165) is 6.42 Å². The van der Waals surface area contributed by atoms with E-state index in [9.17, 15) is 4.79 Å². The normalized spacial score (nSPS) is 24.4. The molecule has 100 valence electrons. The number of carbonyl (C=O) groups is 1. The lowest BCUT2D eigenvalue weighted by atomic mass is 9.80. The minimum Gasteiger partial charge on any atom is -0.449 e. The molecule has 1 rings (SSSR count). The summed E-state index contributed by atoms with van der Waals surface area (Å²) in [5, 5.41) is 0. The molecule has 0 heterocycles. The van der Waals surface area contributed by atoms with Gasteiger partial charge in [-0.2, -0.15) is 0 Å². The van der Waals surface area contributed by atoms with Gasteiger partial charge in [0.25, 0.3) is 0 Å². The minimum absolute atomic E-state index is 0.184. The first-order valence-corrected chi connectivity index (χ1v) is 6.84. The van der Waals surface area contributed by atoms with Gasteiger partial charge in [0.2, 0.25) is 0 Å². The second-order valence-electron chi connectivity index (χ2n) is 4.79. The molecule has 1 saturated carbocycles. The Labute approximate surface area is 104 Å². The van der Waals surface area contributed by atoms with Gasteiger partial charge in [-0.25, -0.2) is 4.79 Å². The van der Waals surface area contributed by atoms with Crippen molar-refractivity contribution in [2.45, 2.75) is 39.5 Å². The molecule has 2 N–H and O–H groups in total. The molecule has 0 radical (unpaired) electrons. The molecule has 4 heteroatoms. The number of amides is 1. The van der Waals surface area contributed by atoms with Crippen LogP contribution in [0, 0.1) is 11.8 Å². The van der Waals surface area contributed by atoms with E-state index >= 15 is 0 Å². The molecule has 0 aromatic rings. The molecule has 0 spiro atoms. The van der Waals surface area contributed by atoms with Crippen molar-refractivity contribution in [3.63, 3.8) is 0 Å². The number of hydrogen-bond donors (Lipinski definition) is 1. The zero-order valence-electron chi connectivity index (χ0n) is 11.2. The summed E-state index contributed by atoms with van der Waals surface area (Å²) >= 11 is 0. The van der Waals surface area contributed by atoms with Crippen molar-refractivity contribution in [2.24, 2.45) is 17.6 Å². The van der Waals surface area contributed by atoms with Crippen LogP contribution in [0.1, 0.15) is 39.5 Å². The first-order chi connectivity index (χ1) is 8.22. The summed E-state index contributed by atoms with van der Waals surface area (Å²) < 4.78 is 5.39. The summed E-state index contributed by atoms with van der Waals surface area (Å²) in [6, 6.07) is 0. The van der Waals surface area contributed by atoms with Gasteiger partial charge in [0.1, 0.15) is 0 Å². The highest BCUT2D eigenvalue weighted by Crippen LogP contribution is 2.29. The Hall–Kier alpha value is -0.770. The molecule has 1 aliphatic rings. The van der Waals surface area contributed by atoms with Gasteiger partial charge in [0.15, 0.2) is 0 Å². The monoisotopic (exact) mass is 242 g/mol. The van der Waals surface area contributed by atoms with Gasteiger partial charge < -0.3 is 15.4 Å². The third-order valence-electron chi connectivity index (χ3n) is 3.81. The van der Waals surface area contributed by atoms with E-state index in [4.69, 9.17) is 10.5 Å². The molecule has 2 unspecified atom stereocenters. The summed E-state index contributed by atoms with van der Waals surface area (Å²) in [6.45, 7) is 6.60. The fraction of sp³-hybridized carbons (Fsp3) is 0.923. The van der Waals surface area contributed by atoms with Gasteiger partial charge >= 0.3 is 6.09 Å². The first-order valence-electron chi connectivity index (χ1n) is 6.84. The van der Waals surface area contributed by atoms with Gasteiger partial charge in [-0.1, -0.05) is 12.8 Å². The van der Waals surface area contributed by atoms with Crippen molar-refractivity contribution in [3.8, 4) is 0 Å². The van der Waals surface area contributed by atoms with Crippen molar-refractivity contribution in [1.29, 1.82) is 0 Å². The average molecular weight is 242 g/mol. The second-order valence-corrected chi connectivity index (χ2v) is 4.79. The van der Waals surface area contributed by atoms with Crippen LogP contribution in [-0.4, -0.2) is 37.2 Å². The molecule has 0 saturated heterocycles. The van der Waals surface area contributed by atoms with Gasteiger partial charge in [-0.05, 0) is 45.1 Å². The molecule has 17 heavy (non-hydrogen) atoms. The molecule has 2 atom stereocenters. The van der Waals surface area contributed by atoms with E-state index in [-0.39, 0.29) is 6.09 Å². The topological polar surface area (TPSA) is 55.6 Å². The minimum atomic E-state index is -0.184. The van der Waals surface area contributed by atoms with Gasteiger partial charge in [0.05, 0.1) is 6.61 Å². The van der Waals surface area contributed by atoms with E-state index in [0.29, 0.717) is 38.1 Å². The Bertz CT molecular complexity index is 229. The highest BCUT2D eigenvalue weighted by atomic mass is 16.6. The molecule has 1 aliphatic carbocycles. The Morgan fingerprint density at radius 1 is 1.24 bits per heavy atom. The van der Waals surface area contributed by atoms with Gasteiger partial charge in [-0.3, -0.25) is 0 Å². The molecule has 1 fully saturated rings. The Balaban J connectivity index is 2.35. The Kier molecular flexibility index (Phi) is 6.34. The van der Waals surface area contributed by atoms with Crippen LogP contribution in [0.25, 0.3) is 0 Å². The zero-order chi connectivity index (χ0) is 12.7. The number of carbonyl (C=O) groups excluding carboxylic acids is 1. The van der Waals surface area contributed by atoms with E-state index in [2.05, 4.69) is 0 Å². The molecule has 0 aromatic carbocycles. The van der Waals surface area contributed by atoms with Crippen molar-refractivity contribution in [3.05, 3.63) is 0 Å². The molecular formula is C13H26N2O2. The summed E-state index contributed by atoms with van der Waals surface area (Å²) in [6.07, 6.45) is 4.65. The highest BCUT2D eigenvalue weighted by Gasteiger charge is 2.25. The van der Waals surface area contributed by atoms with E-state index in [1.807, 2.05) is 13.8 Å². The predicted octanol–water partition coefficient (Wildman–Crippen LogP) is 2.23. The molecule has 0 aliphatic heterocycles. The lowest BCUT2D eigenvalue weighted by Gasteiger charge is -2.30. The zero-order valence-corrected chi connectivity index (χ0v) is 11.2. The van der Waals surface area contributed by atoms with Gasteiger partial charge in [-0.15, -0.1) is 0 Å². The average Bonchev–Trinajstić information content (AvgIpc) is 2.38. The maximum absolute atomic E-state index is 11.7. The largest absolute Gasteiger partial charge is 0.449 e. The molecular weight excluding hydrogens is 216 g/mol. The van der Waals surface area contributed by atoms with Crippen LogP contribution >= 0.6 is 0 Å². The lowest BCUT2D eigenvalue weighted by Crippen LogP contribution is -2.35. The van der Waals surface area contributed by atoms with Crippen molar-refractivity contribution in [2.75, 3.05) is 26.2 Å². The summed E-state index contributed by atoms with van der Waals surface area (Å²) in [7, 11) is 0. The number of nitrogens with two attached hydrogens (primary N) is 1. The fourth-order valence-electron chi connectivity index (χ4n) is 2.57. The van der Waals surface area contributed by atoms with Gasteiger partial charge in [0, 0.05) is 13.1 Å². The van der Waals surface area contributed by atoms with Crippen molar-refractivity contribution in [1.82, 2.24) is 4.90 Å². The molecule has 0 bridgehead atoms.